The van der Waals surface area contributed by atoms with Gasteiger partial charge in [-0.3, -0.25) is 9.59 Å². The first-order valence-electron chi connectivity index (χ1n) is 7.40. The zero-order valence-electron chi connectivity index (χ0n) is 13.3. The first-order valence-corrected chi connectivity index (χ1v) is 9.35. The highest BCUT2D eigenvalue weighted by Gasteiger charge is 2.12. The molecule has 2 amide bonds. The minimum atomic E-state index is -0.364. The van der Waals surface area contributed by atoms with E-state index in [4.69, 9.17) is 10.2 Å². The molecule has 0 radical (unpaired) electrons. The van der Waals surface area contributed by atoms with Gasteiger partial charge in [0, 0.05) is 29.3 Å². The zero-order chi connectivity index (χ0) is 17.5. The third kappa shape index (κ3) is 5.72. The lowest BCUT2D eigenvalue weighted by Crippen LogP contribution is -2.26. The normalized spacial score (nSPS) is 10.6. The summed E-state index contributed by atoms with van der Waals surface area (Å²) in [5.41, 5.74) is 6.05. The fraction of sp³-hybridized carbons (Fsp3) is 0.294. The summed E-state index contributed by atoms with van der Waals surface area (Å²) in [6.45, 7) is 0.413. The Morgan fingerprint density at radius 2 is 1.92 bits per heavy atom. The molecular weight excluding hydrogens is 392 g/mol. The van der Waals surface area contributed by atoms with Crippen LogP contribution in [0.25, 0.3) is 11.3 Å². The number of nitrogens with zero attached hydrogens (tertiary/aromatic N) is 1. The van der Waals surface area contributed by atoms with Crippen LogP contribution in [-0.2, 0) is 16.1 Å². The van der Waals surface area contributed by atoms with Crippen LogP contribution in [-0.4, -0.2) is 35.3 Å². The van der Waals surface area contributed by atoms with Gasteiger partial charge in [0.25, 0.3) is 0 Å². The van der Waals surface area contributed by atoms with Crippen LogP contribution in [0.1, 0.15) is 12.2 Å². The molecule has 0 aliphatic heterocycles. The van der Waals surface area contributed by atoms with Crippen LogP contribution in [0.2, 0.25) is 0 Å². The lowest BCUT2D eigenvalue weighted by atomic mass is 10.2. The van der Waals surface area contributed by atoms with Crippen LogP contribution in [0.4, 0.5) is 0 Å². The Hall–Kier alpha value is -1.73. The second kappa shape index (κ2) is 8.94. The van der Waals surface area contributed by atoms with Crippen LogP contribution in [0.3, 0.4) is 0 Å². The van der Waals surface area contributed by atoms with Crippen molar-refractivity contribution in [2.75, 3.05) is 18.6 Å². The minimum Gasteiger partial charge on any atom is -0.459 e. The van der Waals surface area contributed by atoms with Crippen LogP contribution >= 0.6 is 27.7 Å². The molecule has 128 valence electrons. The number of hydrogen-bond donors (Lipinski definition) is 1. The number of nitrogens with two attached hydrogens (primary N) is 1. The zero-order valence-corrected chi connectivity index (χ0v) is 15.7. The number of furan rings is 1. The largest absolute Gasteiger partial charge is 0.459 e. The Morgan fingerprint density at radius 1 is 1.21 bits per heavy atom. The maximum absolute atomic E-state index is 12.1. The maximum atomic E-state index is 12.1. The summed E-state index contributed by atoms with van der Waals surface area (Å²) in [5.74, 6) is 1.97. The molecule has 0 atom stereocenters. The molecule has 0 saturated heterocycles. The number of rotatable bonds is 8. The second-order valence-corrected chi connectivity index (χ2v) is 7.31. The summed E-state index contributed by atoms with van der Waals surface area (Å²) >= 11 is 4.77. The fourth-order valence-electron chi connectivity index (χ4n) is 2.08. The van der Waals surface area contributed by atoms with Gasteiger partial charge in [-0.15, -0.1) is 0 Å². The topological polar surface area (TPSA) is 76.5 Å². The number of halogens is 1. The summed E-state index contributed by atoms with van der Waals surface area (Å²) < 4.78 is 6.82. The number of carbonyl (C=O) groups excluding carboxylic acids is 2. The molecule has 7 heteroatoms. The summed E-state index contributed by atoms with van der Waals surface area (Å²) in [6, 6.07) is 11.6. The maximum Gasteiger partial charge on any atom is 0.227 e. The van der Waals surface area contributed by atoms with Crippen molar-refractivity contribution in [3.05, 3.63) is 46.6 Å². The van der Waals surface area contributed by atoms with E-state index < -0.39 is 0 Å². The Kier molecular flexibility index (Phi) is 6.93. The van der Waals surface area contributed by atoms with Crippen LogP contribution in [0.5, 0.6) is 0 Å². The Balaban J connectivity index is 1.85. The lowest BCUT2D eigenvalue weighted by molar-refractivity contribution is -0.130. The smallest absolute Gasteiger partial charge is 0.227 e. The number of amides is 2. The highest BCUT2D eigenvalue weighted by Crippen LogP contribution is 2.24. The third-order valence-corrected chi connectivity index (χ3v) is 4.82. The molecule has 1 aromatic carbocycles. The molecule has 0 saturated carbocycles. The fourth-order valence-corrected chi connectivity index (χ4v) is 3.01. The quantitative estimate of drug-likeness (QED) is 0.677. The van der Waals surface area contributed by atoms with Crippen LogP contribution in [0, 0.1) is 0 Å². The van der Waals surface area contributed by atoms with Gasteiger partial charge in [0.15, 0.2) is 0 Å². The van der Waals surface area contributed by atoms with Crippen LogP contribution < -0.4 is 5.73 Å². The van der Waals surface area contributed by atoms with Gasteiger partial charge in [0.1, 0.15) is 11.5 Å². The van der Waals surface area contributed by atoms with Gasteiger partial charge >= 0.3 is 0 Å². The van der Waals surface area contributed by atoms with E-state index >= 15 is 0 Å². The van der Waals surface area contributed by atoms with Crippen LogP contribution in [0.15, 0.2) is 45.3 Å². The van der Waals surface area contributed by atoms with E-state index in [1.807, 2.05) is 36.4 Å². The summed E-state index contributed by atoms with van der Waals surface area (Å²) in [4.78, 5) is 24.3. The number of hydrogen-bond acceptors (Lipinski definition) is 4. The van der Waals surface area contributed by atoms with Crippen molar-refractivity contribution in [2.24, 2.45) is 5.73 Å². The molecule has 0 fully saturated rings. The van der Waals surface area contributed by atoms with E-state index in [1.54, 1.807) is 11.9 Å². The van der Waals surface area contributed by atoms with Gasteiger partial charge in [-0.1, -0.05) is 28.1 Å². The minimum absolute atomic E-state index is 0.00793. The predicted molar refractivity (Wildman–Crippen MR) is 99.5 cm³/mol. The van der Waals surface area contributed by atoms with Crippen molar-refractivity contribution >= 4 is 39.5 Å². The molecule has 2 aromatic rings. The number of thioether (sulfide) groups is 1. The second-order valence-electron chi connectivity index (χ2n) is 5.29. The molecule has 24 heavy (non-hydrogen) atoms. The van der Waals surface area contributed by atoms with Gasteiger partial charge < -0.3 is 15.1 Å². The summed E-state index contributed by atoms with van der Waals surface area (Å²) in [5, 5.41) is 0. The number of benzene rings is 1. The lowest BCUT2D eigenvalue weighted by Gasteiger charge is -2.15. The first kappa shape index (κ1) is 18.6. The summed E-state index contributed by atoms with van der Waals surface area (Å²) in [6.07, 6.45) is 0.370. The molecule has 1 heterocycles. The van der Waals surface area contributed by atoms with Crippen molar-refractivity contribution in [2.45, 2.75) is 13.0 Å². The van der Waals surface area contributed by atoms with E-state index in [9.17, 15) is 9.59 Å². The molecule has 2 rings (SSSR count). The standard InChI is InChI=1S/C17H19BrN2O3S/c1-20(17(22)8-9-24-11-16(19)21)10-14-6-7-15(23-14)12-2-4-13(18)5-3-12/h2-7H,8-11H2,1H3,(H2,19,21). The van der Waals surface area contributed by atoms with E-state index in [2.05, 4.69) is 15.9 Å². The van der Waals surface area contributed by atoms with Gasteiger partial charge in [-0.25, -0.2) is 0 Å². The highest BCUT2D eigenvalue weighted by molar-refractivity contribution is 9.10. The summed E-state index contributed by atoms with van der Waals surface area (Å²) in [7, 11) is 1.74. The average Bonchev–Trinajstić information content (AvgIpc) is 3.00. The first-order chi connectivity index (χ1) is 11.5. The van der Waals surface area contributed by atoms with E-state index in [0.717, 1.165) is 21.6 Å². The molecule has 2 N–H and O–H groups in total. The molecule has 5 nitrogen and oxygen atoms in total. The van der Waals surface area contributed by atoms with Crippen molar-refractivity contribution in [3.8, 4) is 11.3 Å². The molecule has 0 bridgehead atoms. The monoisotopic (exact) mass is 410 g/mol. The third-order valence-electron chi connectivity index (χ3n) is 3.31. The van der Waals surface area contributed by atoms with Crippen molar-refractivity contribution in [1.82, 2.24) is 4.90 Å². The van der Waals surface area contributed by atoms with Gasteiger partial charge in [-0.05, 0) is 24.3 Å². The number of primary amides is 1. The Bertz CT molecular complexity index is 700. The molecule has 0 aliphatic carbocycles. The van der Waals surface area contributed by atoms with Crippen molar-refractivity contribution in [1.29, 1.82) is 0 Å². The number of carbonyl (C=O) groups is 2. The average molecular weight is 411 g/mol. The Labute approximate surface area is 153 Å². The molecule has 1 aromatic heterocycles. The van der Waals surface area contributed by atoms with Gasteiger partial charge in [0.05, 0.1) is 12.3 Å². The molecular formula is C17H19BrN2O3S. The SMILES string of the molecule is CN(Cc1ccc(-c2ccc(Br)cc2)o1)C(=O)CCSCC(N)=O. The highest BCUT2D eigenvalue weighted by atomic mass is 79.9. The van der Waals surface area contributed by atoms with Crippen molar-refractivity contribution in [3.63, 3.8) is 0 Å². The Morgan fingerprint density at radius 3 is 2.58 bits per heavy atom. The van der Waals surface area contributed by atoms with Gasteiger partial charge in [-0.2, -0.15) is 11.8 Å². The predicted octanol–water partition coefficient (Wildman–Crippen LogP) is 3.28. The van der Waals surface area contributed by atoms with Crippen molar-refractivity contribution < 1.29 is 14.0 Å². The molecule has 0 aliphatic rings. The van der Waals surface area contributed by atoms with Gasteiger partial charge in [0.2, 0.25) is 11.8 Å². The molecule has 0 spiro atoms. The van der Waals surface area contributed by atoms with E-state index in [1.165, 1.54) is 11.8 Å². The molecule has 0 unspecified atom stereocenters. The van der Waals surface area contributed by atoms with E-state index in [-0.39, 0.29) is 17.6 Å². The van der Waals surface area contributed by atoms with E-state index in [0.29, 0.717) is 18.7 Å².